The summed E-state index contributed by atoms with van der Waals surface area (Å²) in [6.07, 6.45) is 4.36. The molecule has 1 aromatic carbocycles. The molecule has 0 radical (unpaired) electrons. The second-order valence-electron chi connectivity index (χ2n) is 7.64. The van der Waals surface area contributed by atoms with Crippen LogP contribution >= 0.6 is 0 Å². The van der Waals surface area contributed by atoms with Gasteiger partial charge in [0.2, 0.25) is 0 Å². The number of esters is 1. The quantitative estimate of drug-likeness (QED) is 0.785. The van der Waals surface area contributed by atoms with Crippen molar-refractivity contribution in [1.82, 2.24) is 10.2 Å². The molecule has 1 atom stereocenters. The number of rotatable bonds is 5. The van der Waals surface area contributed by atoms with Crippen molar-refractivity contribution < 1.29 is 23.5 Å². The molecule has 1 saturated heterocycles. The Morgan fingerprint density at radius 1 is 1.07 bits per heavy atom. The Morgan fingerprint density at radius 2 is 1.68 bits per heavy atom. The van der Waals surface area contributed by atoms with Crippen LogP contribution in [0.3, 0.4) is 0 Å². The third-order valence-corrected chi connectivity index (χ3v) is 5.57. The highest BCUT2D eigenvalue weighted by Gasteiger charge is 2.31. The summed E-state index contributed by atoms with van der Waals surface area (Å²) in [4.78, 5) is 38.7. The van der Waals surface area contributed by atoms with E-state index in [1.165, 1.54) is 24.3 Å². The Hall–Kier alpha value is -2.44. The van der Waals surface area contributed by atoms with E-state index in [1.807, 2.05) is 0 Å². The first-order chi connectivity index (χ1) is 13.4. The number of hydrogen-bond acceptors (Lipinski definition) is 4. The zero-order chi connectivity index (χ0) is 20.1. The van der Waals surface area contributed by atoms with E-state index in [1.54, 1.807) is 11.8 Å². The average Bonchev–Trinajstić information content (AvgIpc) is 3.21. The minimum Gasteiger partial charge on any atom is -0.452 e. The molecule has 0 aromatic heterocycles. The van der Waals surface area contributed by atoms with Crippen LogP contribution in [0.15, 0.2) is 24.3 Å². The number of amides is 2. The number of carbonyl (C=O) groups is 3. The smallest absolute Gasteiger partial charge is 0.309 e. The summed E-state index contributed by atoms with van der Waals surface area (Å²) in [6.45, 7) is 2.45. The van der Waals surface area contributed by atoms with E-state index in [0.717, 1.165) is 25.7 Å². The van der Waals surface area contributed by atoms with Gasteiger partial charge in [0.15, 0.2) is 6.10 Å². The highest BCUT2D eigenvalue weighted by atomic mass is 19.1. The molecule has 7 heteroatoms. The molecule has 1 heterocycles. The van der Waals surface area contributed by atoms with Crippen molar-refractivity contribution in [3.63, 3.8) is 0 Å². The largest absolute Gasteiger partial charge is 0.452 e. The molecule has 1 aliphatic carbocycles. The first-order valence-corrected chi connectivity index (χ1v) is 9.99. The van der Waals surface area contributed by atoms with Gasteiger partial charge in [0.25, 0.3) is 11.8 Å². The Balaban J connectivity index is 1.44. The fourth-order valence-corrected chi connectivity index (χ4v) is 3.81. The zero-order valence-corrected chi connectivity index (χ0v) is 16.2. The predicted molar refractivity (Wildman–Crippen MR) is 101 cm³/mol. The summed E-state index contributed by atoms with van der Waals surface area (Å²) in [5.74, 6) is -1.51. The molecule has 1 aromatic rings. The van der Waals surface area contributed by atoms with Crippen molar-refractivity contribution in [2.45, 2.75) is 57.6 Å². The summed E-state index contributed by atoms with van der Waals surface area (Å²) in [5.41, 5.74) is 0.430. The zero-order valence-electron chi connectivity index (χ0n) is 16.2. The summed E-state index contributed by atoms with van der Waals surface area (Å²) < 4.78 is 18.4. The summed E-state index contributed by atoms with van der Waals surface area (Å²) in [6, 6.07) is 5.63. The lowest BCUT2D eigenvalue weighted by atomic mass is 9.96. The highest BCUT2D eigenvalue weighted by Crippen LogP contribution is 2.22. The van der Waals surface area contributed by atoms with Gasteiger partial charge in [-0.2, -0.15) is 0 Å². The lowest BCUT2D eigenvalue weighted by molar-refractivity contribution is -0.160. The lowest BCUT2D eigenvalue weighted by Crippen LogP contribution is -2.44. The Morgan fingerprint density at radius 3 is 2.29 bits per heavy atom. The van der Waals surface area contributed by atoms with Crippen LogP contribution in [0.5, 0.6) is 0 Å². The van der Waals surface area contributed by atoms with Gasteiger partial charge < -0.3 is 15.0 Å². The van der Waals surface area contributed by atoms with Gasteiger partial charge in [-0.15, -0.1) is 0 Å². The fourth-order valence-electron chi connectivity index (χ4n) is 3.81. The molecule has 2 amide bonds. The van der Waals surface area contributed by atoms with E-state index in [0.29, 0.717) is 31.5 Å². The fraction of sp³-hybridized carbons (Fsp3) is 0.571. The molecule has 0 unspecified atom stereocenters. The van der Waals surface area contributed by atoms with E-state index >= 15 is 0 Å². The van der Waals surface area contributed by atoms with E-state index in [-0.39, 0.29) is 35.6 Å². The molecule has 1 saturated carbocycles. The minimum absolute atomic E-state index is 0.170. The number of nitrogens with one attached hydrogen (secondary N) is 1. The van der Waals surface area contributed by atoms with Crippen LogP contribution in [-0.2, 0) is 14.3 Å². The summed E-state index contributed by atoms with van der Waals surface area (Å²) in [7, 11) is 0. The maximum absolute atomic E-state index is 13.0. The van der Waals surface area contributed by atoms with Crippen LogP contribution < -0.4 is 5.32 Å². The first kappa shape index (κ1) is 20.3. The van der Waals surface area contributed by atoms with Gasteiger partial charge in [0, 0.05) is 24.7 Å². The maximum Gasteiger partial charge on any atom is 0.309 e. The number of piperidine rings is 1. The van der Waals surface area contributed by atoms with E-state index in [2.05, 4.69) is 5.32 Å². The monoisotopic (exact) mass is 390 g/mol. The number of benzene rings is 1. The van der Waals surface area contributed by atoms with Crippen molar-refractivity contribution in [2.24, 2.45) is 5.92 Å². The number of halogens is 1. The average molecular weight is 390 g/mol. The van der Waals surface area contributed by atoms with Crippen LogP contribution in [0.2, 0.25) is 0 Å². The molecule has 0 bridgehead atoms. The highest BCUT2D eigenvalue weighted by molar-refractivity contribution is 5.94. The molecule has 0 spiro atoms. The van der Waals surface area contributed by atoms with E-state index in [4.69, 9.17) is 4.74 Å². The standard InChI is InChI=1S/C21H27FN2O4/c1-14(19(25)23-18-4-2-3-5-18)28-21(27)16-10-12-24(13-11-16)20(26)15-6-8-17(22)9-7-15/h6-9,14,16,18H,2-5,10-13H2,1H3,(H,23,25)/t14-/m1/s1. The van der Waals surface area contributed by atoms with Gasteiger partial charge in [0.1, 0.15) is 5.82 Å². The lowest BCUT2D eigenvalue weighted by Gasteiger charge is -2.31. The molecular weight excluding hydrogens is 363 g/mol. The number of likely N-dealkylation sites (tertiary alicyclic amines) is 1. The number of carbonyl (C=O) groups excluding carboxylic acids is 3. The molecule has 2 fully saturated rings. The van der Waals surface area contributed by atoms with Crippen LogP contribution in [-0.4, -0.2) is 47.9 Å². The Labute approximate surface area is 164 Å². The van der Waals surface area contributed by atoms with Crippen molar-refractivity contribution in [2.75, 3.05) is 13.1 Å². The van der Waals surface area contributed by atoms with Gasteiger partial charge in [-0.1, -0.05) is 12.8 Å². The van der Waals surface area contributed by atoms with Crippen molar-refractivity contribution in [1.29, 1.82) is 0 Å². The van der Waals surface area contributed by atoms with Gasteiger partial charge in [0.05, 0.1) is 5.92 Å². The van der Waals surface area contributed by atoms with E-state index in [9.17, 15) is 18.8 Å². The van der Waals surface area contributed by atoms with Gasteiger partial charge >= 0.3 is 5.97 Å². The molecule has 2 aliphatic rings. The molecule has 152 valence electrons. The van der Waals surface area contributed by atoms with Crippen LogP contribution in [0.25, 0.3) is 0 Å². The molecule has 1 aliphatic heterocycles. The predicted octanol–water partition coefficient (Wildman–Crippen LogP) is 2.67. The SMILES string of the molecule is C[C@@H](OC(=O)C1CCN(C(=O)c2ccc(F)cc2)CC1)C(=O)NC1CCCC1. The number of nitrogens with zero attached hydrogens (tertiary/aromatic N) is 1. The first-order valence-electron chi connectivity index (χ1n) is 9.99. The number of hydrogen-bond donors (Lipinski definition) is 1. The van der Waals surface area contributed by atoms with Crippen molar-refractivity contribution >= 4 is 17.8 Å². The van der Waals surface area contributed by atoms with Crippen LogP contribution in [0.1, 0.15) is 55.8 Å². The molecular formula is C21H27FN2O4. The molecule has 28 heavy (non-hydrogen) atoms. The Kier molecular flexibility index (Phi) is 6.65. The second kappa shape index (κ2) is 9.17. The van der Waals surface area contributed by atoms with Gasteiger partial charge in [-0.05, 0) is 56.9 Å². The van der Waals surface area contributed by atoms with Gasteiger partial charge in [-0.25, -0.2) is 4.39 Å². The normalized spacial score (nSPS) is 19.3. The van der Waals surface area contributed by atoms with Crippen LogP contribution in [0.4, 0.5) is 4.39 Å². The van der Waals surface area contributed by atoms with Gasteiger partial charge in [-0.3, -0.25) is 14.4 Å². The third-order valence-electron chi connectivity index (χ3n) is 5.57. The summed E-state index contributed by atoms with van der Waals surface area (Å²) in [5, 5.41) is 2.94. The van der Waals surface area contributed by atoms with Crippen molar-refractivity contribution in [3.8, 4) is 0 Å². The topological polar surface area (TPSA) is 75.7 Å². The Bertz CT molecular complexity index is 708. The third kappa shape index (κ3) is 5.09. The summed E-state index contributed by atoms with van der Waals surface area (Å²) >= 11 is 0. The minimum atomic E-state index is -0.813. The second-order valence-corrected chi connectivity index (χ2v) is 7.64. The molecule has 3 rings (SSSR count). The molecule has 1 N–H and O–H groups in total. The van der Waals surface area contributed by atoms with E-state index < -0.39 is 6.10 Å². The maximum atomic E-state index is 13.0. The van der Waals surface area contributed by atoms with Crippen molar-refractivity contribution in [3.05, 3.63) is 35.6 Å². The number of ether oxygens (including phenoxy) is 1. The van der Waals surface area contributed by atoms with Crippen LogP contribution in [0, 0.1) is 11.7 Å². The molecule has 6 nitrogen and oxygen atoms in total.